The topological polar surface area (TPSA) is 46.2 Å². The van der Waals surface area contributed by atoms with Gasteiger partial charge in [0.15, 0.2) is 5.78 Å². The highest BCUT2D eigenvalue weighted by Gasteiger charge is 2.36. The Balaban J connectivity index is 2.30. The van der Waals surface area contributed by atoms with Crippen LogP contribution < -0.4 is 5.32 Å². The molecule has 1 saturated heterocycles. The number of rotatable bonds is 0. The zero-order valence-electron chi connectivity index (χ0n) is 5.33. The van der Waals surface area contributed by atoms with Gasteiger partial charge in [0, 0.05) is 12.3 Å². The highest BCUT2D eigenvalue weighted by molar-refractivity contribution is 6.01. The molecule has 2 aliphatic rings. The first-order chi connectivity index (χ1) is 4.77. The Morgan fingerprint density at radius 1 is 1.40 bits per heavy atom. The second-order valence-corrected chi connectivity index (χ2v) is 2.64. The smallest absolute Gasteiger partial charge is 0.221 e. The van der Waals surface area contributed by atoms with Crippen LogP contribution in [0.25, 0.3) is 0 Å². The average molecular weight is 137 g/mol. The Bertz CT molecular complexity index is 212. The van der Waals surface area contributed by atoms with Crippen molar-refractivity contribution in [1.82, 2.24) is 5.32 Å². The Morgan fingerprint density at radius 2 is 2.20 bits per heavy atom. The lowest BCUT2D eigenvalue weighted by atomic mass is 9.98. The van der Waals surface area contributed by atoms with Gasteiger partial charge < -0.3 is 5.32 Å². The fraction of sp³-hybridized carbons (Fsp3) is 0.429. The molecule has 2 atom stereocenters. The fourth-order valence-corrected chi connectivity index (χ4v) is 1.39. The molecule has 52 valence electrons. The Labute approximate surface area is 58.1 Å². The van der Waals surface area contributed by atoms with Crippen LogP contribution in [0.4, 0.5) is 0 Å². The first kappa shape index (κ1) is 5.65. The van der Waals surface area contributed by atoms with Gasteiger partial charge in [0.25, 0.3) is 0 Å². The number of hydrogen-bond acceptors (Lipinski definition) is 2. The third-order valence-electron chi connectivity index (χ3n) is 1.93. The van der Waals surface area contributed by atoms with Gasteiger partial charge in [-0.3, -0.25) is 9.59 Å². The largest absolute Gasteiger partial charge is 0.343 e. The van der Waals surface area contributed by atoms with Crippen molar-refractivity contribution in [1.29, 1.82) is 0 Å². The van der Waals surface area contributed by atoms with Gasteiger partial charge in [-0.1, -0.05) is 12.2 Å². The summed E-state index contributed by atoms with van der Waals surface area (Å²) in [4.78, 5) is 21.8. The van der Waals surface area contributed by atoms with Crippen molar-refractivity contribution in [3.05, 3.63) is 12.2 Å². The maximum Gasteiger partial charge on any atom is 0.221 e. The van der Waals surface area contributed by atoms with Crippen LogP contribution in [0.1, 0.15) is 6.42 Å². The van der Waals surface area contributed by atoms with Gasteiger partial charge in [-0.05, 0) is 0 Å². The van der Waals surface area contributed by atoms with Crippen molar-refractivity contribution in [3.63, 3.8) is 0 Å². The Morgan fingerprint density at radius 3 is 2.90 bits per heavy atom. The van der Waals surface area contributed by atoms with E-state index in [4.69, 9.17) is 0 Å². The van der Waals surface area contributed by atoms with E-state index in [1.165, 1.54) is 0 Å². The van der Waals surface area contributed by atoms with Crippen LogP contribution in [0, 0.1) is 5.92 Å². The molecule has 2 unspecified atom stereocenters. The molecule has 2 bridgehead atoms. The van der Waals surface area contributed by atoms with Crippen molar-refractivity contribution < 1.29 is 9.59 Å². The van der Waals surface area contributed by atoms with Crippen LogP contribution in [0.2, 0.25) is 0 Å². The van der Waals surface area contributed by atoms with E-state index in [1.807, 2.05) is 6.08 Å². The zero-order chi connectivity index (χ0) is 7.14. The third-order valence-corrected chi connectivity index (χ3v) is 1.93. The van der Waals surface area contributed by atoms with Crippen LogP contribution in [0.3, 0.4) is 0 Å². The third kappa shape index (κ3) is 0.602. The number of nitrogens with one attached hydrogen (secondary N) is 1. The first-order valence-corrected chi connectivity index (χ1v) is 3.29. The minimum absolute atomic E-state index is 0.0143. The van der Waals surface area contributed by atoms with E-state index in [1.54, 1.807) is 6.08 Å². The number of piperidine rings is 1. The standard InChI is InChI=1S/C7H7NO2/c9-6-3-4-1-2-5(8-6)7(4)10/h1-2,4-5H,3H2,(H,8,9). The quantitative estimate of drug-likeness (QED) is 0.463. The van der Waals surface area contributed by atoms with Crippen LogP contribution in [-0.2, 0) is 9.59 Å². The van der Waals surface area contributed by atoms with Crippen molar-refractivity contribution >= 4 is 11.7 Å². The van der Waals surface area contributed by atoms with E-state index < -0.39 is 0 Å². The van der Waals surface area contributed by atoms with E-state index in [9.17, 15) is 9.59 Å². The molecular formula is C7H7NO2. The second kappa shape index (κ2) is 1.68. The van der Waals surface area contributed by atoms with Crippen molar-refractivity contribution in [2.75, 3.05) is 0 Å². The molecule has 1 fully saturated rings. The molecule has 1 N–H and O–H groups in total. The van der Waals surface area contributed by atoms with Gasteiger partial charge in [0.05, 0.1) is 0 Å². The van der Waals surface area contributed by atoms with Gasteiger partial charge in [-0.25, -0.2) is 0 Å². The lowest BCUT2D eigenvalue weighted by Gasteiger charge is -2.18. The van der Waals surface area contributed by atoms with Gasteiger partial charge in [0.1, 0.15) is 6.04 Å². The van der Waals surface area contributed by atoms with Gasteiger partial charge >= 0.3 is 0 Å². The van der Waals surface area contributed by atoms with E-state index in [0.717, 1.165) is 0 Å². The predicted octanol–water partition coefficient (Wildman–Crippen LogP) is -0.370. The number of fused-ring (bicyclic) bond motifs is 2. The maximum absolute atomic E-state index is 11.1. The number of ketones is 1. The van der Waals surface area contributed by atoms with Crippen molar-refractivity contribution in [2.24, 2.45) is 5.92 Å². The highest BCUT2D eigenvalue weighted by Crippen LogP contribution is 2.21. The van der Waals surface area contributed by atoms with E-state index >= 15 is 0 Å². The molecule has 0 aromatic carbocycles. The van der Waals surface area contributed by atoms with E-state index in [-0.39, 0.29) is 23.7 Å². The summed E-state index contributed by atoms with van der Waals surface area (Å²) in [5.41, 5.74) is 0. The minimum atomic E-state index is -0.314. The number of carbonyl (C=O) groups excluding carboxylic acids is 2. The lowest BCUT2D eigenvalue weighted by Crippen LogP contribution is -2.44. The first-order valence-electron chi connectivity index (χ1n) is 3.29. The summed E-state index contributed by atoms with van der Waals surface area (Å²) < 4.78 is 0. The molecular weight excluding hydrogens is 130 g/mol. The minimum Gasteiger partial charge on any atom is -0.343 e. The van der Waals surface area contributed by atoms with Crippen LogP contribution in [-0.4, -0.2) is 17.7 Å². The molecule has 3 heteroatoms. The Kier molecular flexibility index (Phi) is 0.952. The summed E-state index contributed by atoms with van der Waals surface area (Å²) in [5, 5.41) is 2.58. The number of amides is 1. The van der Waals surface area contributed by atoms with Gasteiger partial charge in [-0.15, -0.1) is 0 Å². The number of allylic oxidation sites excluding steroid dienone is 1. The second-order valence-electron chi connectivity index (χ2n) is 2.64. The van der Waals surface area contributed by atoms with Crippen molar-refractivity contribution in [2.45, 2.75) is 12.5 Å². The highest BCUT2D eigenvalue weighted by atomic mass is 16.2. The maximum atomic E-state index is 11.1. The fourth-order valence-electron chi connectivity index (χ4n) is 1.39. The molecule has 0 spiro atoms. The molecule has 1 aliphatic heterocycles. The molecule has 0 radical (unpaired) electrons. The molecule has 0 saturated carbocycles. The molecule has 3 nitrogen and oxygen atoms in total. The van der Waals surface area contributed by atoms with Crippen molar-refractivity contribution in [3.8, 4) is 0 Å². The molecule has 2 rings (SSSR count). The number of carbonyl (C=O) groups is 2. The van der Waals surface area contributed by atoms with Crippen LogP contribution in [0.5, 0.6) is 0 Å². The van der Waals surface area contributed by atoms with Gasteiger partial charge in [0.2, 0.25) is 5.91 Å². The number of hydrogen-bond donors (Lipinski definition) is 1. The lowest BCUT2D eigenvalue weighted by molar-refractivity contribution is -0.133. The summed E-state index contributed by atoms with van der Waals surface area (Å²) >= 11 is 0. The summed E-state index contributed by atoms with van der Waals surface area (Å²) in [6.45, 7) is 0. The monoisotopic (exact) mass is 137 g/mol. The summed E-state index contributed by atoms with van der Waals surface area (Å²) in [5.74, 6) is -0.00190. The molecule has 0 aromatic rings. The molecule has 1 aliphatic carbocycles. The summed E-state index contributed by atoms with van der Waals surface area (Å²) in [6, 6.07) is -0.314. The molecule has 1 heterocycles. The SMILES string of the molecule is O=C1CC2C=CC(N1)C2=O. The molecule has 0 aromatic heterocycles. The summed E-state index contributed by atoms with van der Waals surface area (Å²) in [7, 11) is 0. The van der Waals surface area contributed by atoms with Crippen LogP contribution >= 0.6 is 0 Å². The zero-order valence-corrected chi connectivity index (χ0v) is 5.33. The normalized spacial score (nSPS) is 36.4. The van der Waals surface area contributed by atoms with E-state index in [2.05, 4.69) is 5.32 Å². The summed E-state index contributed by atoms with van der Waals surface area (Å²) in [6.07, 6.45) is 3.91. The predicted molar refractivity (Wildman–Crippen MR) is 34.2 cm³/mol. The molecule has 1 amide bonds. The number of Topliss-reactive ketones (excluding diaryl/α,β-unsaturated/α-hetero) is 1. The average Bonchev–Trinajstić information content (AvgIpc) is 2.20. The molecule has 10 heavy (non-hydrogen) atoms. The van der Waals surface area contributed by atoms with Crippen LogP contribution in [0.15, 0.2) is 12.2 Å². The Hall–Kier alpha value is -1.12. The van der Waals surface area contributed by atoms with E-state index in [0.29, 0.717) is 6.42 Å². The van der Waals surface area contributed by atoms with Gasteiger partial charge in [-0.2, -0.15) is 0 Å².